The summed E-state index contributed by atoms with van der Waals surface area (Å²) in [4.78, 5) is 13.9. The van der Waals surface area contributed by atoms with Crippen molar-refractivity contribution in [2.75, 3.05) is 31.6 Å². The highest BCUT2D eigenvalue weighted by Crippen LogP contribution is 2.38. The van der Waals surface area contributed by atoms with Crippen LogP contribution in [0.5, 0.6) is 11.5 Å². The molecule has 0 saturated carbocycles. The number of hydrogen-bond donors (Lipinski definition) is 1. The molecule has 0 aromatic heterocycles. The normalized spacial score (nSPS) is 18.0. The first kappa shape index (κ1) is 18.0. The van der Waals surface area contributed by atoms with Crippen LogP contribution < -0.4 is 14.8 Å². The quantitative estimate of drug-likeness (QED) is 0.857. The minimum absolute atomic E-state index is 0.247. The number of nitrogens with one attached hydrogen (secondary N) is 1. The first-order valence-corrected chi connectivity index (χ1v) is 9.03. The fraction of sp³-hybridized carbons (Fsp3) is 0.611. The molecule has 0 unspecified atom stereocenters. The van der Waals surface area contributed by atoms with E-state index in [1.165, 1.54) is 0 Å². The number of benzene rings is 1. The van der Waals surface area contributed by atoms with Crippen molar-refractivity contribution >= 4 is 23.4 Å². The molecular formula is C18H25ClN2O4. The standard InChI is InChI=1S/C18H25ClN2O4/c1-18(2,3)25-17(22)21-6-4-12(5-7-21)20-14-11-16-15(10-13(14)19)23-8-9-24-16/h10-12,20H,4-9H2,1-3H3. The first-order chi connectivity index (χ1) is 11.8. The minimum Gasteiger partial charge on any atom is -0.486 e. The summed E-state index contributed by atoms with van der Waals surface area (Å²) in [5, 5.41) is 4.07. The number of ether oxygens (including phenoxy) is 3. The van der Waals surface area contributed by atoms with Crippen molar-refractivity contribution in [1.29, 1.82) is 0 Å². The van der Waals surface area contributed by atoms with Gasteiger partial charge < -0.3 is 24.4 Å². The van der Waals surface area contributed by atoms with E-state index in [9.17, 15) is 4.79 Å². The molecule has 1 fully saturated rings. The van der Waals surface area contributed by atoms with Crippen LogP contribution in [0.1, 0.15) is 33.6 Å². The Hall–Kier alpha value is -1.82. The first-order valence-electron chi connectivity index (χ1n) is 8.65. The average Bonchev–Trinajstić information content (AvgIpc) is 2.54. The van der Waals surface area contributed by atoms with Gasteiger partial charge in [-0.15, -0.1) is 0 Å². The Kier molecular flexibility index (Phi) is 5.18. The Bertz CT molecular complexity index is 637. The van der Waals surface area contributed by atoms with Gasteiger partial charge in [0.05, 0.1) is 10.7 Å². The number of rotatable bonds is 2. The second kappa shape index (κ2) is 7.20. The van der Waals surface area contributed by atoms with Gasteiger partial charge in [0.15, 0.2) is 11.5 Å². The monoisotopic (exact) mass is 368 g/mol. The molecule has 2 aliphatic heterocycles. The topological polar surface area (TPSA) is 60.0 Å². The zero-order valence-corrected chi connectivity index (χ0v) is 15.7. The van der Waals surface area contributed by atoms with E-state index >= 15 is 0 Å². The van der Waals surface area contributed by atoms with E-state index < -0.39 is 5.60 Å². The van der Waals surface area contributed by atoms with Crippen LogP contribution in [0.25, 0.3) is 0 Å². The molecule has 1 amide bonds. The van der Waals surface area contributed by atoms with Gasteiger partial charge >= 0.3 is 6.09 Å². The number of carbonyl (C=O) groups is 1. The number of piperidine rings is 1. The molecule has 1 N–H and O–H groups in total. The van der Waals surface area contributed by atoms with Crippen LogP contribution in [0.15, 0.2) is 12.1 Å². The van der Waals surface area contributed by atoms with Gasteiger partial charge in [0.25, 0.3) is 0 Å². The number of likely N-dealkylation sites (tertiary alicyclic amines) is 1. The summed E-state index contributed by atoms with van der Waals surface area (Å²) in [6, 6.07) is 3.92. The fourth-order valence-electron chi connectivity index (χ4n) is 2.93. The van der Waals surface area contributed by atoms with E-state index in [0.717, 1.165) is 18.5 Å². The van der Waals surface area contributed by atoms with E-state index in [1.54, 1.807) is 11.0 Å². The molecule has 1 aromatic carbocycles. The van der Waals surface area contributed by atoms with E-state index in [4.69, 9.17) is 25.8 Å². The number of carbonyl (C=O) groups excluding carboxylic acids is 1. The number of amides is 1. The molecule has 6 nitrogen and oxygen atoms in total. The SMILES string of the molecule is CC(C)(C)OC(=O)N1CCC(Nc2cc3c(cc2Cl)OCCO3)CC1. The summed E-state index contributed by atoms with van der Waals surface area (Å²) in [5.74, 6) is 1.39. The van der Waals surface area contributed by atoms with E-state index in [-0.39, 0.29) is 12.1 Å². The molecule has 7 heteroatoms. The molecule has 0 spiro atoms. The number of halogens is 1. The maximum Gasteiger partial charge on any atom is 0.410 e. The van der Waals surface area contributed by atoms with Crippen LogP contribution in [0.4, 0.5) is 10.5 Å². The van der Waals surface area contributed by atoms with E-state index in [2.05, 4.69) is 5.32 Å². The highest BCUT2D eigenvalue weighted by molar-refractivity contribution is 6.33. The van der Waals surface area contributed by atoms with Gasteiger partial charge in [-0.05, 0) is 33.6 Å². The summed E-state index contributed by atoms with van der Waals surface area (Å²) in [6.07, 6.45) is 1.43. The highest BCUT2D eigenvalue weighted by atomic mass is 35.5. The average molecular weight is 369 g/mol. The maximum atomic E-state index is 12.1. The summed E-state index contributed by atoms with van der Waals surface area (Å²) in [7, 11) is 0. The van der Waals surface area contributed by atoms with Crippen LogP contribution in [0, 0.1) is 0 Å². The summed E-state index contributed by atoms with van der Waals surface area (Å²) < 4.78 is 16.6. The zero-order chi connectivity index (χ0) is 18.0. The molecule has 1 aromatic rings. The lowest BCUT2D eigenvalue weighted by molar-refractivity contribution is 0.0210. The number of anilines is 1. The molecule has 25 heavy (non-hydrogen) atoms. The molecule has 2 aliphatic rings. The number of fused-ring (bicyclic) bond motifs is 1. The van der Waals surface area contributed by atoms with Gasteiger partial charge in [-0.1, -0.05) is 11.6 Å². The van der Waals surface area contributed by atoms with Crippen LogP contribution >= 0.6 is 11.6 Å². The molecule has 1 saturated heterocycles. The lowest BCUT2D eigenvalue weighted by atomic mass is 10.0. The van der Waals surface area contributed by atoms with Crippen molar-refractivity contribution in [2.45, 2.75) is 45.3 Å². The molecule has 138 valence electrons. The predicted octanol–water partition coefficient (Wildman–Crippen LogP) is 3.92. The summed E-state index contributed by atoms with van der Waals surface area (Å²) in [6.45, 7) is 8.04. The van der Waals surface area contributed by atoms with Gasteiger partial charge in [0.1, 0.15) is 18.8 Å². The third kappa shape index (κ3) is 4.63. The van der Waals surface area contributed by atoms with Gasteiger partial charge in [-0.2, -0.15) is 0 Å². The van der Waals surface area contributed by atoms with Gasteiger partial charge in [0.2, 0.25) is 0 Å². The summed E-state index contributed by atoms with van der Waals surface area (Å²) >= 11 is 6.35. The second-order valence-corrected chi connectivity index (χ2v) is 7.77. The smallest absolute Gasteiger partial charge is 0.410 e. The maximum absolute atomic E-state index is 12.1. The highest BCUT2D eigenvalue weighted by Gasteiger charge is 2.27. The molecular weight excluding hydrogens is 344 g/mol. The molecule has 0 aliphatic carbocycles. The molecule has 3 rings (SSSR count). The largest absolute Gasteiger partial charge is 0.486 e. The molecule has 2 heterocycles. The molecule has 0 radical (unpaired) electrons. The summed E-state index contributed by atoms with van der Waals surface area (Å²) in [5.41, 5.74) is 0.367. The van der Waals surface area contributed by atoms with Crippen LogP contribution in [-0.4, -0.2) is 48.9 Å². The third-order valence-electron chi connectivity index (χ3n) is 4.14. The van der Waals surface area contributed by atoms with Crippen LogP contribution in [-0.2, 0) is 4.74 Å². The lowest BCUT2D eigenvalue weighted by Crippen LogP contribution is -2.44. The van der Waals surface area contributed by atoms with Crippen molar-refractivity contribution in [3.63, 3.8) is 0 Å². The van der Waals surface area contributed by atoms with Gasteiger partial charge in [-0.25, -0.2) is 4.79 Å². The van der Waals surface area contributed by atoms with Crippen LogP contribution in [0.3, 0.4) is 0 Å². The van der Waals surface area contributed by atoms with Gasteiger partial charge in [-0.3, -0.25) is 0 Å². The Morgan fingerprint density at radius 2 is 1.80 bits per heavy atom. The van der Waals surface area contributed by atoms with Crippen molar-refractivity contribution < 1.29 is 19.0 Å². The fourth-order valence-corrected chi connectivity index (χ4v) is 3.14. The number of nitrogens with zero attached hydrogens (tertiary/aromatic N) is 1. The third-order valence-corrected chi connectivity index (χ3v) is 4.45. The Labute approximate surface area is 153 Å². The van der Waals surface area contributed by atoms with E-state index in [0.29, 0.717) is 42.8 Å². The predicted molar refractivity (Wildman–Crippen MR) is 96.9 cm³/mol. The Morgan fingerprint density at radius 3 is 2.40 bits per heavy atom. The Balaban J connectivity index is 1.57. The molecule has 0 atom stereocenters. The van der Waals surface area contributed by atoms with Gasteiger partial charge in [0, 0.05) is 31.3 Å². The number of hydrogen-bond acceptors (Lipinski definition) is 5. The van der Waals surface area contributed by atoms with Crippen molar-refractivity contribution in [3.05, 3.63) is 17.2 Å². The lowest BCUT2D eigenvalue weighted by Gasteiger charge is -2.34. The van der Waals surface area contributed by atoms with Crippen molar-refractivity contribution in [1.82, 2.24) is 4.90 Å². The van der Waals surface area contributed by atoms with Crippen LogP contribution in [0.2, 0.25) is 5.02 Å². The Morgan fingerprint density at radius 1 is 1.20 bits per heavy atom. The van der Waals surface area contributed by atoms with E-state index in [1.807, 2.05) is 26.8 Å². The van der Waals surface area contributed by atoms with Crippen molar-refractivity contribution in [2.24, 2.45) is 0 Å². The second-order valence-electron chi connectivity index (χ2n) is 7.36. The minimum atomic E-state index is -0.467. The zero-order valence-electron chi connectivity index (χ0n) is 14.9. The molecule has 0 bridgehead atoms. The van der Waals surface area contributed by atoms with Crippen molar-refractivity contribution in [3.8, 4) is 11.5 Å².